The molecule has 0 heterocycles. The van der Waals surface area contributed by atoms with E-state index in [1.54, 1.807) is 0 Å². The van der Waals surface area contributed by atoms with E-state index in [9.17, 15) is 4.79 Å². The SMILES string of the molecule is CC.CCCC.Cc1ccc(-c2ccc(CC=O)c(C)c2)cc1. The summed E-state index contributed by atoms with van der Waals surface area (Å²) >= 11 is 0. The minimum atomic E-state index is 0.500. The van der Waals surface area contributed by atoms with Crippen molar-refractivity contribution in [3.8, 4) is 11.1 Å². The molecule has 23 heavy (non-hydrogen) atoms. The molecule has 0 saturated heterocycles. The van der Waals surface area contributed by atoms with Gasteiger partial charge >= 0.3 is 0 Å². The Hall–Kier alpha value is -1.89. The van der Waals surface area contributed by atoms with E-state index >= 15 is 0 Å². The number of aldehydes is 1. The zero-order chi connectivity index (χ0) is 17.7. The molecule has 0 spiro atoms. The summed E-state index contributed by atoms with van der Waals surface area (Å²) < 4.78 is 0. The highest BCUT2D eigenvalue weighted by Crippen LogP contribution is 2.22. The van der Waals surface area contributed by atoms with Gasteiger partial charge in [-0.05, 0) is 36.1 Å². The second kappa shape index (κ2) is 12.6. The van der Waals surface area contributed by atoms with Crippen molar-refractivity contribution < 1.29 is 4.79 Å². The van der Waals surface area contributed by atoms with Gasteiger partial charge in [0.15, 0.2) is 0 Å². The first-order valence-electron chi connectivity index (χ1n) is 8.72. The monoisotopic (exact) mass is 312 g/mol. The molecule has 0 unspecified atom stereocenters. The number of hydrogen-bond acceptors (Lipinski definition) is 1. The zero-order valence-electron chi connectivity index (χ0n) is 15.6. The summed E-state index contributed by atoms with van der Waals surface area (Å²) in [6.07, 6.45) is 4.09. The summed E-state index contributed by atoms with van der Waals surface area (Å²) in [7, 11) is 0. The van der Waals surface area contributed by atoms with Crippen LogP contribution in [0.15, 0.2) is 42.5 Å². The summed E-state index contributed by atoms with van der Waals surface area (Å²) in [4.78, 5) is 10.5. The molecule has 2 aromatic rings. The van der Waals surface area contributed by atoms with Crippen molar-refractivity contribution in [1.82, 2.24) is 0 Å². The van der Waals surface area contributed by atoms with Crippen molar-refractivity contribution in [3.05, 3.63) is 59.2 Å². The van der Waals surface area contributed by atoms with Crippen LogP contribution < -0.4 is 0 Å². The van der Waals surface area contributed by atoms with E-state index in [1.807, 2.05) is 19.9 Å². The van der Waals surface area contributed by atoms with E-state index in [1.165, 1.54) is 35.1 Å². The summed E-state index contributed by atoms with van der Waals surface area (Å²) in [5, 5.41) is 0. The number of carbonyl (C=O) groups excluding carboxylic acids is 1. The van der Waals surface area contributed by atoms with Gasteiger partial charge in [0, 0.05) is 6.42 Å². The van der Waals surface area contributed by atoms with Gasteiger partial charge in [-0.15, -0.1) is 0 Å². The molecule has 1 heteroatoms. The van der Waals surface area contributed by atoms with Crippen molar-refractivity contribution in [2.75, 3.05) is 0 Å². The molecule has 2 rings (SSSR count). The molecular weight excluding hydrogens is 280 g/mol. The molecule has 0 radical (unpaired) electrons. The molecule has 0 aromatic heterocycles. The summed E-state index contributed by atoms with van der Waals surface area (Å²) in [5.41, 5.74) is 5.97. The molecule has 0 N–H and O–H groups in total. The van der Waals surface area contributed by atoms with E-state index < -0.39 is 0 Å². The predicted molar refractivity (Wildman–Crippen MR) is 103 cm³/mol. The highest BCUT2D eigenvalue weighted by molar-refractivity contribution is 5.66. The fraction of sp³-hybridized carbons (Fsp3) is 0.409. The van der Waals surface area contributed by atoms with Gasteiger partial charge in [0.1, 0.15) is 6.29 Å². The molecule has 0 saturated carbocycles. The highest BCUT2D eigenvalue weighted by Gasteiger charge is 2.01. The lowest BCUT2D eigenvalue weighted by Gasteiger charge is -2.07. The quantitative estimate of drug-likeness (QED) is 0.585. The second-order valence-corrected chi connectivity index (χ2v) is 5.38. The van der Waals surface area contributed by atoms with Crippen molar-refractivity contribution in [3.63, 3.8) is 0 Å². The third kappa shape index (κ3) is 7.78. The topological polar surface area (TPSA) is 17.1 Å². The molecule has 0 aliphatic rings. The van der Waals surface area contributed by atoms with Crippen molar-refractivity contribution in [1.29, 1.82) is 0 Å². The van der Waals surface area contributed by atoms with Crippen LogP contribution in [0.5, 0.6) is 0 Å². The number of aryl methyl sites for hydroxylation is 2. The highest BCUT2D eigenvalue weighted by atomic mass is 16.1. The van der Waals surface area contributed by atoms with Crippen LogP contribution in [0.4, 0.5) is 0 Å². The fourth-order valence-electron chi connectivity index (χ4n) is 1.94. The molecule has 0 atom stereocenters. The minimum absolute atomic E-state index is 0.500. The Balaban J connectivity index is 0.000000705. The van der Waals surface area contributed by atoms with Gasteiger partial charge in [0.2, 0.25) is 0 Å². The van der Waals surface area contributed by atoms with Crippen LogP contribution in [0.1, 0.15) is 57.2 Å². The lowest BCUT2D eigenvalue weighted by Crippen LogP contribution is -1.91. The fourth-order valence-corrected chi connectivity index (χ4v) is 1.94. The van der Waals surface area contributed by atoms with Gasteiger partial charge in [-0.25, -0.2) is 0 Å². The zero-order valence-corrected chi connectivity index (χ0v) is 15.6. The Morgan fingerprint density at radius 3 is 1.78 bits per heavy atom. The number of hydrogen-bond donors (Lipinski definition) is 0. The molecular formula is C22H32O. The number of unbranched alkanes of at least 4 members (excludes halogenated alkanes) is 1. The van der Waals surface area contributed by atoms with Gasteiger partial charge in [0.25, 0.3) is 0 Å². The third-order valence-corrected chi connectivity index (χ3v) is 3.53. The Morgan fingerprint density at radius 1 is 0.826 bits per heavy atom. The van der Waals surface area contributed by atoms with Crippen LogP contribution in [-0.2, 0) is 11.2 Å². The molecule has 1 nitrogen and oxygen atoms in total. The molecule has 0 amide bonds. The van der Waals surface area contributed by atoms with Crippen LogP contribution in [0.25, 0.3) is 11.1 Å². The van der Waals surface area contributed by atoms with E-state index in [0.717, 1.165) is 11.8 Å². The van der Waals surface area contributed by atoms with E-state index in [4.69, 9.17) is 0 Å². The van der Waals surface area contributed by atoms with E-state index in [0.29, 0.717) is 6.42 Å². The van der Waals surface area contributed by atoms with Crippen LogP contribution >= 0.6 is 0 Å². The molecule has 0 aliphatic heterocycles. The third-order valence-electron chi connectivity index (χ3n) is 3.53. The Bertz CT molecular complexity index is 551. The Kier molecular flexibility index (Phi) is 11.6. The molecule has 126 valence electrons. The predicted octanol–water partition coefficient (Wildman–Crippen LogP) is 6.54. The van der Waals surface area contributed by atoms with Gasteiger partial charge in [-0.1, -0.05) is 88.6 Å². The standard InChI is InChI=1S/C16H16O.C4H10.C2H6/c1-12-3-5-15(6-4-12)16-8-7-14(9-10-17)13(2)11-16;1-3-4-2;1-2/h3-8,10-11H,9H2,1-2H3;3-4H2,1-2H3;1-2H3. The number of rotatable bonds is 4. The minimum Gasteiger partial charge on any atom is -0.303 e. The first-order valence-corrected chi connectivity index (χ1v) is 8.72. The second-order valence-electron chi connectivity index (χ2n) is 5.38. The smallest absolute Gasteiger partial charge is 0.124 e. The summed E-state index contributed by atoms with van der Waals surface area (Å²) in [6, 6.07) is 14.7. The van der Waals surface area contributed by atoms with Crippen LogP contribution in [0.2, 0.25) is 0 Å². The van der Waals surface area contributed by atoms with Gasteiger partial charge < -0.3 is 4.79 Å². The van der Waals surface area contributed by atoms with Crippen molar-refractivity contribution in [2.24, 2.45) is 0 Å². The maximum Gasteiger partial charge on any atom is 0.124 e. The van der Waals surface area contributed by atoms with Crippen LogP contribution in [-0.4, -0.2) is 6.29 Å². The van der Waals surface area contributed by atoms with Gasteiger partial charge in [-0.3, -0.25) is 0 Å². The van der Waals surface area contributed by atoms with E-state index in [2.05, 4.69) is 64.1 Å². The average Bonchev–Trinajstić information content (AvgIpc) is 2.59. The Labute approximate surface area is 142 Å². The van der Waals surface area contributed by atoms with E-state index in [-0.39, 0.29) is 0 Å². The lowest BCUT2D eigenvalue weighted by molar-refractivity contribution is -0.107. The summed E-state index contributed by atoms with van der Waals surface area (Å²) in [6.45, 7) is 12.5. The first-order chi connectivity index (χ1) is 11.1. The number of carbonyl (C=O) groups is 1. The Morgan fingerprint density at radius 2 is 1.35 bits per heavy atom. The normalized spacial score (nSPS) is 9.13. The van der Waals surface area contributed by atoms with Gasteiger partial charge in [-0.2, -0.15) is 0 Å². The molecule has 0 fully saturated rings. The van der Waals surface area contributed by atoms with Crippen molar-refractivity contribution >= 4 is 6.29 Å². The van der Waals surface area contributed by atoms with Gasteiger partial charge in [0.05, 0.1) is 0 Å². The van der Waals surface area contributed by atoms with Crippen LogP contribution in [0.3, 0.4) is 0 Å². The van der Waals surface area contributed by atoms with Crippen molar-refractivity contribution in [2.45, 2.75) is 60.8 Å². The molecule has 0 bridgehead atoms. The average molecular weight is 312 g/mol. The maximum absolute atomic E-state index is 10.5. The number of benzene rings is 2. The largest absolute Gasteiger partial charge is 0.303 e. The molecule has 2 aromatic carbocycles. The maximum atomic E-state index is 10.5. The van der Waals surface area contributed by atoms with Crippen LogP contribution in [0, 0.1) is 13.8 Å². The summed E-state index contributed by atoms with van der Waals surface area (Å²) in [5.74, 6) is 0. The first kappa shape index (κ1) is 21.1. The lowest BCUT2D eigenvalue weighted by atomic mass is 9.98. The molecule has 0 aliphatic carbocycles.